The van der Waals surface area contributed by atoms with Gasteiger partial charge in [-0.2, -0.15) is 0 Å². The lowest BCUT2D eigenvalue weighted by Crippen LogP contribution is -2.40. The zero-order chi connectivity index (χ0) is 18.7. The molecule has 1 aromatic rings. The highest BCUT2D eigenvalue weighted by Crippen LogP contribution is 2.30. The van der Waals surface area contributed by atoms with Gasteiger partial charge in [0, 0.05) is 16.5 Å². The third-order valence-electron chi connectivity index (χ3n) is 3.53. The average molecular weight is 405 g/mol. The van der Waals surface area contributed by atoms with Crippen molar-refractivity contribution in [3.05, 3.63) is 58.6 Å². The van der Waals surface area contributed by atoms with Gasteiger partial charge in [-0.05, 0) is 37.6 Å². The molecule has 0 radical (unpaired) electrons. The molecular weight excluding hydrogens is 384 g/mol. The molecule has 0 aromatic heterocycles. The summed E-state index contributed by atoms with van der Waals surface area (Å²) in [5.41, 5.74) is -0.694. The van der Waals surface area contributed by atoms with Gasteiger partial charge in [-0.3, -0.25) is 9.59 Å². The van der Waals surface area contributed by atoms with Gasteiger partial charge in [0.15, 0.2) is 5.41 Å². The number of carbonyl (C=O) groups is 2. The van der Waals surface area contributed by atoms with Crippen molar-refractivity contribution in [3.8, 4) is 11.8 Å². The van der Waals surface area contributed by atoms with Crippen LogP contribution in [0, 0.1) is 17.3 Å². The molecule has 0 aliphatic heterocycles. The van der Waals surface area contributed by atoms with E-state index in [1.54, 1.807) is 12.2 Å². The Bertz CT molecular complexity index is 689. The van der Waals surface area contributed by atoms with Gasteiger partial charge in [0.2, 0.25) is 0 Å². The van der Waals surface area contributed by atoms with Crippen molar-refractivity contribution in [3.63, 3.8) is 0 Å². The molecule has 0 fully saturated rings. The van der Waals surface area contributed by atoms with Crippen LogP contribution in [0.3, 0.4) is 0 Å². The zero-order valence-electron chi connectivity index (χ0n) is 14.5. The summed E-state index contributed by atoms with van der Waals surface area (Å²) >= 11 is 3.36. The summed E-state index contributed by atoms with van der Waals surface area (Å²) in [5, 5.41) is 0. The number of halogens is 1. The molecule has 0 unspecified atom stereocenters. The van der Waals surface area contributed by atoms with Gasteiger partial charge in [0.05, 0.1) is 14.2 Å². The molecule has 0 atom stereocenters. The maximum absolute atomic E-state index is 12.3. The Morgan fingerprint density at radius 2 is 1.72 bits per heavy atom. The van der Waals surface area contributed by atoms with Gasteiger partial charge in [0.25, 0.3) is 0 Å². The van der Waals surface area contributed by atoms with E-state index >= 15 is 0 Å². The summed E-state index contributed by atoms with van der Waals surface area (Å²) < 4.78 is 10.6. The molecule has 1 rings (SSSR count). The Morgan fingerprint density at radius 3 is 2.24 bits per heavy atom. The highest BCUT2D eigenvalue weighted by Gasteiger charge is 2.47. The molecule has 0 spiro atoms. The number of allylic oxidation sites excluding steroid dienone is 4. The monoisotopic (exact) mass is 404 g/mol. The molecule has 0 bridgehead atoms. The van der Waals surface area contributed by atoms with Crippen molar-refractivity contribution in [1.82, 2.24) is 0 Å². The Morgan fingerprint density at radius 1 is 1.12 bits per heavy atom. The highest BCUT2D eigenvalue weighted by atomic mass is 79.9. The lowest BCUT2D eigenvalue weighted by atomic mass is 9.81. The topological polar surface area (TPSA) is 52.6 Å². The average Bonchev–Trinajstić information content (AvgIpc) is 2.64. The van der Waals surface area contributed by atoms with Gasteiger partial charge < -0.3 is 9.47 Å². The predicted octanol–water partition coefficient (Wildman–Crippen LogP) is 4.05. The number of ether oxygens (including phenoxy) is 2. The van der Waals surface area contributed by atoms with Crippen LogP contribution in [0.15, 0.2) is 53.0 Å². The van der Waals surface area contributed by atoms with Crippen LogP contribution < -0.4 is 0 Å². The minimum absolute atomic E-state index is 0.00257. The Hall–Kier alpha value is -2.32. The normalized spacial score (nSPS) is 11.2. The number of methoxy groups -OCH3 is 2. The lowest BCUT2D eigenvalue weighted by molar-refractivity contribution is -0.168. The molecule has 0 saturated carbocycles. The molecule has 0 aliphatic rings. The third kappa shape index (κ3) is 5.91. The van der Waals surface area contributed by atoms with E-state index in [1.807, 2.05) is 43.3 Å². The van der Waals surface area contributed by atoms with Crippen LogP contribution in [0.1, 0.15) is 25.3 Å². The lowest BCUT2D eigenvalue weighted by Gasteiger charge is -2.24. The van der Waals surface area contributed by atoms with Crippen LogP contribution in [0.4, 0.5) is 0 Å². The molecule has 0 N–H and O–H groups in total. The minimum atomic E-state index is -1.48. The fraction of sp³-hybridized carbons (Fsp3) is 0.300. The number of esters is 2. The van der Waals surface area contributed by atoms with Crippen molar-refractivity contribution in [2.45, 2.75) is 19.8 Å². The predicted molar refractivity (Wildman–Crippen MR) is 101 cm³/mol. The first kappa shape index (κ1) is 20.7. The molecule has 25 heavy (non-hydrogen) atoms. The number of hydrogen-bond donors (Lipinski definition) is 0. The van der Waals surface area contributed by atoms with Gasteiger partial charge in [-0.25, -0.2) is 0 Å². The largest absolute Gasteiger partial charge is 0.468 e. The fourth-order valence-corrected chi connectivity index (χ4v) is 2.41. The van der Waals surface area contributed by atoms with E-state index in [0.29, 0.717) is 0 Å². The second kappa shape index (κ2) is 10.5. The SMILES string of the molecule is C/C=C/C=C\CC(CC#Cc1ccc(Br)cc1)(C(=O)OC)C(=O)OC. The number of benzene rings is 1. The van der Waals surface area contributed by atoms with E-state index in [0.717, 1.165) is 10.0 Å². The summed E-state index contributed by atoms with van der Waals surface area (Å²) in [6, 6.07) is 7.44. The molecule has 4 nitrogen and oxygen atoms in total. The van der Waals surface area contributed by atoms with Crippen LogP contribution >= 0.6 is 15.9 Å². The van der Waals surface area contributed by atoms with Crippen LogP contribution in [-0.2, 0) is 19.1 Å². The summed E-state index contributed by atoms with van der Waals surface area (Å²) in [6.07, 6.45) is 7.31. The fourth-order valence-electron chi connectivity index (χ4n) is 2.15. The van der Waals surface area contributed by atoms with Gasteiger partial charge in [-0.1, -0.05) is 52.1 Å². The van der Waals surface area contributed by atoms with Gasteiger partial charge in [0.1, 0.15) is 0 Å². The maximum atomic E-state index is 12.3. The highest BCUT2D eigenvalue weighted by molar-refractivity contribution is 9.10. The zero-order valence-corrected chi connectivity index (χ0v) is 16.1. The van der Waals surface area contributed by atoms with Crippen molar-refractivity contribution in [2.75, 3.05) is 14.2 Å². The standard InChI is InChI=1S/C20H21BrO4/c1-4-5-6-7-14-20(18(22)24-2,19(23)25-3)15-8-9-16-10-12-17(21)13-11-16/h4-7,10-13H,14-15H2,1-3H3/b5-4+,7-6-. The summed E-state index contributed by atoms with van der Waals surface area (Å²) in [6.45, 7) is 1.88. The molecule has 0 saturated heterocycles. The van der Waals surface area contributed by atoms with E-state index in [2.05, 4.69) is 27.8 Å². The van der Waals surface area contributed by atoms with Crippen LogP contribution in [0.2, 0.25) is 0 Å². The first-order valence-corrected chi connectivity index (χ1v) is 8.48. The van der Waals surface area contributed by atoms with E-state index in [4.69, 9.17) is 9.47 Å². The third-order valence-corrected chi connectivity index (χ3v) is 4.05. The molecule has 0 heterocycles. The van der Waals surface area contributed by atoms with Crippen LogP contribution in [0.5, 0.6) is 0 Å². The molecule has 0 amide bonds. The second-order valence-electron chi connectivity index (χ2n) is 5.21. The Labute approximate surface area is 157 Å². The summed E-state index contributed by atoms with van der Waals surface area (Å²) in [7, 11) is 2.50. The Kier molecular flexibility index (Phi) is 8.73. The van der Waals surface area contributed by atoms with Crippen molar-refractivity contribution in [1.29, 1.82) is 0 Å². The van der Waals surface area contributed by atoms with Crippen molar-refractivity contribution >= 4 is 27.9 Å². The molecule has 1 aromatic carbocycles. The number of hydrogen-bond acceptors (Lipinski definition) is 4. The summed E-state index contributed by atoms with van der Waals surface area (Å²) in [4.78, 5) is 24.7. The van der Waals surface area contributed by atoms with E-state index in [1.165, 1.54) is 14.2 Å². The quantitative estimate of drug-likeness (QED) is 0.310. The summed E-state index contributed by atoms with van der Waals surface area (Å²) in [5.74, 6) is 4.56. The first-order valence-electron chi connectivity index (χ1n) is 7.69. The van der Waals surface area contributed by atoms with E-state index < -0.39 is 17.4 Å². The Balaban J connectivity index is 3.13. The number of carbonyl (C=O) groups excluding carboxylic acids is 2. The van der Waals surface area contributed by atoms with Crippen molar-refractivity contribution < 1.29 is 19.1 Å². The maximum Gasteiger partial charge on any atom is 0.324 e. The molecule has 0 aliphatic carbocycles. The smallest absolute Gasteiger partial charge is 0.324 e. The van der Waals surface area contributed by atoms with Crippen LogP contribution in [-0.4, -0.2) is 26.2 Å². The second-order valence-corrected chi connectivity index (χ2v) is 6.12. The molecule has 5 heteroatoms. The minimum Gasteiger partial charge on any atom is -0.468 e. The van der Waals surface area contributed by atoms with Gasteiger partial charge >= 0.3 is 11.9 Å². The first-order chi connectivity index (χ1) is 12.0. The van der Waals surface area contributed by atoms with Gasteiger partial charge in [-0.15, -0.1) is 0 Å². The van der Waals surface area contributed by atoms with E-state index in [9.17, 15) is 9.59 Å². The number of rotatable bonds is 6. The molecular formula is C20H21BrO4. The molecule has 132 valence electrons. The van der Waals surface area contributed by atoms with Crippen molar-refractivity contribution in [2.24, 2.45) is 5.41 Å². The van der Waals surface area contributed by atoms with Crippen LogP contribution in [0.25, 0.3) is 0 Å². The van der Waals surface area contributed by atoms with E-state index in [-0.39, 0.29) is 12.8 Å².